The van der Waals surface area contributed by atoms with E-state index in [-0.39, 0.29) is 0 Å². The van der Waals surface area contributed by atoms with Crippen molar-refractivity contribution in [3.63, 3.8) is 0 Å². The number of nitrogen functional groups attached to an aromatic ring is 1. The normalized spacial score (nSPS) is 12.9. The molecule has 0 aliphatic carbocycles. The Morgan fingerprint density at radius 2 is 1.58 bits per heavy atom. The summed E-state index contributed by atoms with van der Waals surface area (Å²) in [5.74, 6) is 0. The molecule has 1 aromatic carbocycles. The molecule has 1 nitrogen and oxygen atoms in total. The van der Waals surface area contributed by atoms with Crippen molar-refractivity contribution in [2.75, 3.05) is 5.73 Å². The van der Waals surface area contributed by atoms with Gasteiger partial charge in [-0.1, -0.05) is 0 Å². The van der Waals surface area contributed by atoms with E-state index in [1.807, 2.05) is 12.1 Å². The summed E-state index contributed by atoms with van der Waals surface area (Å²) in [6, 6.07) is 7.37. The van der Waals surface area contributed by atoms with Crippen molar-refractivity contribution in [1.29, 1.82) is 0 Å². The van der Waals surface area contributed by atoms with Gasteiger partial charge in [-0.3, -0.25) is 0 Å². The quantitative estimate of drug-likeness (QED) is 0.618. The zero-order valence-electron chi connectivity index (χ0n) is 6.23. The Balaban J connectivity index is 2.71. The Morgan fingerprint density at radius 3 is 2.00 bits per heavy atom. The third-order valence-electron chi connectivity index (χ3n) is 1.38. The second-order valence-electron chi connectivity index (χ2n) is 2.53. The third-order valence-corrected chi connectivity index (χ3v) is 3.40. The molecule has 0 bridgehead atoms. The molecule has 68 valence electrons. The molecule has 2 N–H and O–H groups in total. The van der Waals surface area contributed by atoms with Gasteiger partial charge in [-0.05, 0) is 0 Å². The summed E-state index contributed by atoms with van der Waals surface area (Å²) >= 11 is 17.2. The fourth-order valence-electron chi connectivity index (χ4n) is 0.867. The van der Waals surface area contributed by atoms with Crippen molar-refractivity contribution < 1.29 is 0 Å². The number of anilines is 1. The van der Waals surface area contributed by atoms with E-state index in [0.29, 0.717) is 6.16 Å². The molecule has 0 heterocycles. The summed E-state index contributed by atoms with van der Waals surface area (Å²) in [7, 11) is 0. The molecule has 0 atom stereocenters. The minimum atomic E-state index is -2.54. The van der Waals surface area contributed by atoms with Crippen LogP contribution in [-0.2, 0) is 6.16 Å². The molecule has 5 heteroatoms. The van der Waals surface area contributed by atoms with E-state index in [1.165, 1.54) is 0 Å². The molecule has 1 aromatic rings. The van der Waals surface area contributed by atoms with Gasteiger partial charge in [0, 0.05) is 0 Å². The first-order valence-electron chi connectivity index (χ1n) is 3.38. The van der Waals surface area contributed by atoms with Crippen LogP contribution in [0.25, 0.3) is 0 Å². The van der Waals surface area contributed by atoms with Gasteiger partial charge in [0.15, 0.2) is 0 Å². The zero-order valence-corrected chi connectivity index (χ0v) is 9.50. The first-order valence-corrected chi connectivity index (χ1v) is 8.63. The average molecular weight is 244 g/mol. The van der Waals surface area contributed by atoms with Gasteiger partial charge >= 0.3 is 86.5 Å². The SMILES string of the molecule is Nc1ccc(C[PH](Cl)(Cl)Cl)cc1. The number of rotatable bonds is 2. The van der Waals surface area contributed by atoms with Gasteiger partial charge in [0.05, 0.1) is 0 Å². The molecule has 0 aromatic heterocycles. The van der Waals surface area contributed by atoms with E-state index in [2.05, 4.69) is 0 Å². The van der Waals surface area contributed by atoms with Crippen LogP contribution in [0, 0.1) is 0 Å². The Bertz CT molecular complexity index is 254. The monoisotopic (exact) mass is 243 g/mol. The maximum absolute atomic E-state index is 5.75. The van der Waals surface area contributed by atoms with E-state index >= 15 is 0 Å². The average Bonchev–Trinajstić information content (AvgIpc) is 1.91. The van der Waals surface area contributed by atoms with Crippen LogP contribution in [0.2, 0.25) is 0 Å². The molecule has 0 amide bonds. The molecule has 0 saturated carbocycles. The fraction of sp³-hybridized carbons (Fsp3) is 0.143. The third kappa shape index (κ3) is 3.82. The minimum absolute atomic E-state index is 0.540. The molecule has 0 saturated heterocycles. The summed E-state index contributed by atoms with van der Waals surface area (Å²) in [6.45, 7) is 0. The van der Waals surface area contributed by atoms with Gasteiger partial charge in [0.2, 0.25) is 0 Å². The Hall–Kier alpha value is 0.320. The van der Waals surface area contributed by atoms with Crippen LogP contribution in [0.3, 0.4) is 0 Å². The fourth-order valence-corrected chi connectivity index (χ4v) is 2.95. The van der Waals surface area contributed by atoms with Crippen LogP contribution >= 0.6 is 39.0 Å². The van der Waals surface area contributed by atoms with Gasteiger partial charge < -0.3 is 0 Å². The molecule has 0 spiro atoms. The number of hydrogen-bond acceptors (Lipinski definition) is 1. The second kappa shape index (κ2) is 4.02. The summed E-state index contributed by atoms with van der Waals surface area (Å²) in [6.07, 6.45) is 0.540. The Kier molecular flexibility index (Phi) is 3.48. The second-order valence-corrected chi connectivity index (χ2v) is 11.7. The van der Waals surface area contributed by atoms with E-state index < -0.39 is 5.32 Å². The summed E-state index contributed by atoms with van der Waals surface area (Å²) < 4.78 is 0. The molecule has 0 aliphatic rings. The van der Waals surface area contributed by atoms with Crippen molar-refractivity contribution in [3.8, 4) is 0 Å². The van der Waals surface area contributed by atoms with E-state index in [9.17, 15) is 0 Å². The molecule has 1 rings (SSSR count). The Labute approximate surface area is 86.5 Å². The molecule has 0 radical (unpaired) electrons. The van der Waals surface area contributed by atoms with E-state index in [4.69, 9.17) is 39.5 Å². The standard InChI is InChI=1S/C7H9Cl3NP/c8-12(9,10)5-6-1-3-7(11)4-2-6/h1-4,12H,5,11H2. The van der Waals surface area contributed by atoms with Crippen molar-refractivity contribution in [2.45, 2.75) is 6.16 Å². The topological polar surface area (TPSA) is 26.0 Å². The van der Waals surface area contributed by atoms with Crippen LogP contribution in [0.5, 0.6) is 0 Å². The Morgan fingerprint density at radius 1 is 1.08 bits per heavy atom. The van der Waals surface area contributed by atoms with Crippen LogP contribution in [0.15, 0.2) is 24.3 Å². The van der Waals surface area contributed by atoms with E-state index in [0.717, 1.165) is 11.3 Å². The molecular weight excluding hydrogens is 235 g/mol. The van der Waals surface area contributed by atoms with Gasteiger partial charge in [0.1, 0.15) is 0 Å². The molecule has 12 heavy (non-hydrogen) atoms. The molecular formula is C7H9Cl3NP. The zero-order chi connectivity index (χ0) is 9.19. The van der Waals surface area contributed by atoms with Gasteiger partial charge in [-0.25, -0.2) is 0 Å². The summed E-state index contributed by atoms with van der Waals surface area (Å²) in [4.78, 5) is 0. The maximum atomic E-state index is 5.75. The molecule has 0 aliphatic heterocycles. The van der Waals surface area contributed by atoms with Gasteiger partial charge in [-0.2, -0.15) is 0 Å². The van der Waals surface area contributed by atoms with Crippen molar-refractivity contribution >= 4 is 44.7 Å². The van der Waals surface area contributed by atoms with Crippen LogP contribution < -0.4 is 5.73 Å². The van der Waals surface area contributed by atoms with Crippen molar-refractivity contribution in [3.05, 3.63) is 29.8 Å². The summed E-state index contributed by atoms with van der Waals surface area (Å²) in [5, 5.41) is -2.54. The number of nitrogens with two attached hydrogens (primary N) is 1. The predicted molar refractivity (Wildman–Crippen MR) is 60.4 cm³/mol. The van der Waals surface area contributed by atoms with Gasteiger partial charge in [0.25, 0.3) is 0 Å². The van der Waals surface area contributed by atoms with Crippen LogP contribution in [0.4, 0.5) is 5.69 Å². The summed E-state index contributed by atoms with van der Waals surface area (Å²) in [5.41, 5.74) is 7.25. The molecule has 0 fully saturated rings. The van der Waals surface area contributed by atoms with Crippen molar-refractivity contribution in [2.24, 2.45) is 0 Å². The first-order chi connectivity index (χ1) is 5.47. The number of hydrogen-bond donors (Lipinski definition) is 1. The van der Waals surface area contributed by atoms with E-state index in [1.54, 1.807) is 12.1 Å². The van der Waals surface area contributed by atoms with Crippen LogP contribution in [-0.4, -0.2) is 0 Å². The molecule has 0 unspecified atom stereocenters. The number of halogens is 3. The van der Waals surface area contributed by atoms with Gasteiger partial charge in [-0.15, -0.1) is 0 Å². The first kappa shape index (κ1) is 10.4. The van der Waals surface area contributed by atoms with Crippen molar-refractivity contribution in [1.82, 2.24) is 0 Å². The van der Waals surface area contributed by atoms with Crippen LogP contribution in [0.1, 0.15) is 5.56 Å². The predicted octanol–water partition coefficient (Wildman–Crippen LogP) is 3.98. The number of benzene rings is 1.